The van der Waals surface area contributed by atoms with E-state index in [1.807, 2.05) is 0 Å². The van der Waals surface area contributed by atoms with Crippen molar-refractivity contribution in [3.05, 3.63) is 28.5 Å². The van der Waals surface area contributed by atoms with Gasteiger partial charge in [0, 0.05) is 7.05 Å². The first-order valence-electron chi connectivity index (χ1n) is 4.02. The number of nitrogens with one attached hydrogen (secondary N) is 1. The normalized spacial score (nSPS) is 10.6. The second-order valence-electron chi connectivity index (χ2n) is 3.00. The minimum Gasteiger partial charge on any atom is -0.478 e. The topological polar surface area (TPSA) is 58.0 Å². The second kappa shape index (κ2) is 2.95. The second-order valence-corrected chi connectivity index (χ2v) is 3.38. The Balaban J connectivity index is 2.98. The van der Waals surface area contributed by atoms with E-state index >= 15 is 0 Å². The Morgan fingerprint density at radius 2 is 2.29 bits per heavy atom. The SMILES string of the molecule is Cn1c(=S)[nH]c2cccc(C(=O)O)c21. The van der Waals surface area contributed by atoms with Gasteiger partial charge in [-0.05, 0) is 24.4 Å². The van der Waals surface area contributed by atoms with Gasteiger partial charge in [0.2, 0.25) is 0 Å². The highest BCUT2D eigenvalue weighted by Crippen LogP contribution is 2.17. The molecule has 2 rings (SSSR count). The number of para-hydroxylation sites is 1. The molecule has 0 saturated carbocycles. The van der Waals surface area contributed by atoms with Crippen molar-refractivity contribution in [3.8, 4) is 0 Å². The molecule has 0 bridgehead atoms. The van der Waals surface area contributed by atoms with Gasteiger partial charge in [0.05, 0.1) is 16.6 Å². The number of aromatic nitrogens is 2. The predicted octanol–water partition coefficient (Wildman–Crippen LogP) is 1.93. The van der Waals surface area contributed by atoms with Crippen molar-refractivity contribution in [2.75, 3.05) is 0 Å². The molecule has 0 saturated heterocycles. The van der Waals surface area contributed by atoms with Crippen LogP contribution < -0.4 is 0 Å². The number of aromatic amines is 1. The van der Waals surface area contributed by atoms with Crippen LogP contribution >= 0.6 is 12.2 Å². The molecule has 0 fully saturated rings. The fourth-order valence-corrected chi connectivity index (χ4v) is 1.68. The zero-order valence-electron chi connectivity index (χ0n) is 7.44. The molecule has 0 atom stereocenters. The maximum Gasteiger partial charge on any atom is 0.337 e. The molecule has 1 aromatic heterocycles. The van der Waals surface area contributed by atoms with E-state index in [0.29, 0.717) is 10.3 Å². The molecule has 0 spiro atoms. The van der Waals surface area contributed by atoms with Crippen LogP contribution in [-0.2, 0) is 7.05 Å². The monoisotopic (exact) mass is 208 g/mol. The zero-order valence-corrected chi connectivity index (χ0v) is 8.26. The summed E-state index contributed by atoms with van der Waals surface area (Å²) in [6.07, 6.45) is 0. The average Bonchev–Trinajstić information content (AvgIpc) is 2.43. The lowest BCUT2D eigenvalue weighted by Gasteiger charge is -1.99. The lowest BCUT2D eigenvalue weighted by atomic mass is 10.2. The maximum atomic E-state index is 10.9. The Morgan fingerprint density at radius 3 is 2.93 bits per heavy atom. The quantitative estimate of drug-likeness (QED) is 0.704. The van der Waals surface area contributed by atoms with Crippen LogP contribution in [-0.4, -0.2) is 20.6 Å². The molecule has 1 aromatic carbocycles. The highest BCUT2D eigenvalue weighted by Gasteiger charge is 2.11. The largest absolute Gasteiger partial charge is 0.478 e. The number of benzene rings is 1. The van der Waals surface area contributed by atoms with Gasteiger partial charge in [-0.3, -0.25) is 0 Å². The number of imidazole rings is 1. The third-order valence-electron chi connectivity index (χ3n) is 2.15. The van der Waals surface area contributed by atoms with Crippen LogP contribution in [0.3, 0.4) is 0 Å². The number of nitrogens with zero attached hydrogens (tertiary/aromatic N) is 1. The van der Waals surface area contributed by atoms with E-state index in [0.717, 1.165) is 5.52 Å². The Bertz CT molecular complexity index is 568. The summed E-state index contributed by atoms with van der Waals surface area (Å²) in [6, 6.07) is 5.06. The van der Waals surface area contributed by atoms with Crippen molar-refractivity contribution in [2.45, 2.75) is 0 Å². The molecule has 14 heavy (non-hydrogen) atoms. The first-order valence-corrected chi connectivity index (χ1v) is 4.43. The Hall–Kier alpha value is -1.62. The van der Waals surface area contributed by atoms with E-state index in [-0.39, 0.29) is 5.56 Å². The van der Waals surface area contributed by atoms with E-state index in [1.165, 1.54) is 0 Å². The first-order chi connectivity index (χ1) is 6.61. The molecule has 1 heterocycles. The lowest BCUT2D eigenvalue weighted by Crippen LogP contribution is -2.00. The number of fused-ring (bicyclic) bond motifs is 1. The molecule has 0 radical (unpaired) electrons. The van der Waals surface area contributed by atoms with Crippen molar-refractivity contribution < 1.29 is 9.90 Å². The molecule has 0 unspecified atom stereocenters. The lowest BCUT2D eigenvalue weighted by molar-refractivity contribution is 0.0698. The fraction of sp³-hybridized carbons (Fsp3) is 0.111. The molecule has 0 amide bonds. The minimum atomic E-state index is -0.944. The minimum absolute atomic E-state index is 0.261. The van der Waals surface area contributed by atoms with Crippen molar-refractivity contribution in [1.29, 1.82) is 0 Å². The van der Waals surface area contributed by atoms with Crippen molar-refractivity contribution in [2.24, 2.45) is 7.05 Å². The first kappa shape index (κ1) is 8.96. The fourth-order valence-electron chi connectivity index (χ4n) is 1.48. The Morgan fingerprint density at radius 1 is 1.57 bits per heavy atom. The summed E-state index contributed by atoms with van der Waals surface area (Å²) in [5, 5.41) is 8.96. The van der Waals surface area contributed by atoms with E-state index in [1.54, 1.807) is 29.8 Å². The molecule has 0 aliphatic rings. The predicted molar refractivity (Wildman–Crippen MR) is 55.1 cm³/mol. The van der Waals surface area contributed by atoms with Gasteiger partial charge in [0.1, 0.15) is 0 Å². The number of carbonyl (C=O) groups is 1. The van der Waals surface area contributed by atoms with Crippen LogP contribution in [0.5, 0.6) is 0 Å². The molecular formula is C9H8N2O2S. The Labute approximate surface area is 84.8 Å². The number of carboxylic acids is 1. The van der Waals surface area contributed by atoms with Crippen molar-refractivity contribution in [3.63, 3.8) is 0 Å². The molecule has 0 aliphatic heterocycles. The number of hydrogen-bond acceptors (Lipinski definition) is 2. The number of aromatic carboxylic acids is 1. The smallest absolute Gasteiger partial charge is 0.337 e. The van der Waals surface area contributed by atoms with Crippen LogP contribution in [0.2, 0.25) is 0 Å². The van der Waals surface area contributed by atoms with Crippen LogP contribution in [0.25, 0.3) is 11.0 Å². The van der Waals surface area contributed by atoms with Crippen LogP contribution in [0.15, 0.2) is 18.2 Å². The third-order valence-corrected chi connectivity index (χ3v) is 2.52. The van der Waals surface area contributed by atoms with E-state index in [4.69, 9.17) is 17.3 Å². The molecule has 4 nitrogen and oxygen atoms in total. The van der Waals surface area contributed by atoms with Gasteiger partial charge in [-0.25, -0.2) is 4.79 Å². The zero-order chi connectivity index (χ0) is 10.3. The van der Waals surface area contributed by atoms with Crippen molar-refractivity contribution in [1.82, 2.24) is 9.55 Å². The summed E-state index contributed by atoms with van der Waals surface area (Å²) >= 11 is 5.01. The van der Waals surface area contributed by atoms with Gasteiger partial charge in [-0.15, -0.1) is 0 Å². The highest BCUT2D eigenvalue weighted by molar-refractivity contribution is 7.71. The maximum absolute atomic E-state index is 10.9. The van der Waals surface area contributed by atoms with Gasteiger partial charge in [0.15, 0.2) is 4.77 Å². The molecule has 72 valence electrons. The van der Waals surface area contributed by atoms with Crippen LogP contribution in [0.4, 0.5) is 0 Å². The summed E-state index contributed by atoms with van der Waals surface area (Å²) in [5.41, 5.74) is 1.64. The highest BCUT2D eigenvalue weighted by atomic mass is 32.1. The van der Waals surface area contributed by atoms with Gasteiger partial charge in [-0.2, -0.15) is 0 Å². The summed E-state index contributed by atoms with van der Waals surface area (Å²) in [7, 11) is 1.74. The Kier molecular flexibility index (Phi) is 1.89. The molecular weight excluding hydrogens is 200 g/mol. The summed E-state index contributed by atoms with van der Waals surface area (Å²) in [4.78, 5) is 13.9. The van der Waals surface area contributed by atoms with Gasteiger partial charge in [0.25, 0.3) is 0 Å². The van der Waals surface area contributed by atoms with E-state index in [2.05, 4.69) is 4.98 Å². The van der Waals surface area contributed by atoms with E-state index < -0.39 is 5.97 Å². The molecule has 2 aromatic rings. The summed E-state index contributed by atoms with van der Waals surface area (Å²) in [5.74, 6) is -0.944. The average molecular weight is 208 g/mol. The molecule has 5 heteroatoms. The van der Waals surface area contributed by atoms with Crippen LogP contribution in [0, 0.1) is 4.77 Å². The van der Waals surface area contributed by atoms with Crippen LogP contribution in [0.1, 0.15) is 10.4 Å². The number of H-pyrrole nitrogens is 1. The van der Waals surface area contributed by atoms with E-state index in [9.17, 15) is 4.79 Å². The number of hydrogen-bond donors (Lipinski definition) is 2. The van der Waals surface area contributed by atoms with Gasteiger partial charge in [-0.1, -0.05) is 6.07 Å². The van der Waals surface area contributed by atoms with Crippen molar-refractivity contribution >= 4 is 29.2 Å². The standard InChI is InChI=1S/C9H8N2O2S/c1-11-7-5(8(12)13)3-2-4-6(7)10-9(11)14/h2-4H,1H3,(H,10,14)(H,12,13). The molecule has 2 N–H and O–H groups in total. The summed E-state index contributed by atoms with van der Waals surface area (Å²) in [6.45, 7) is 0. The van der Waals surface area contributed by atoms with Gasteiger partial charge >= 0.3 is 5.97 Å². The number of carboxylic acid groups (broad SMARTS) is 1. The number of rotatable bonds is 1. The van der Waals surface area contributed by atoms with Gasteiger partial charge < -0.3 is 14.7 Å². The number of aryl methyl sites for hydroxylation is 1. The third kappa shape index (κ3) is 1.13. The summed E-state index contributed by atoms with van der Waals surface area (Å²) < 4.78 is 2.18. The molecule has 0 aliphatic carbocycles.